The van der Waals surface area contributed by atoms with Gasteiger partial charge in [-0.15, -0.1) is 0 Å². The number of ether oxygens (including phenoxy) is 6. The molecule has 2 aromatic carbocycles. The first kappa shape index (κ1) is 48.3. The first-order chi connectivity index (χ1) is 28.8. The molecule has 0 bridgehead atoms. The standard InChI is InChI=1S/C45H60N4O8S2/c1-8-34(14-16-36-30-40(54-4)42(56-6)32-38(36)52-2)18-22-46-21-11-13-45(51)48-24-29-59-58-28-23-47-44(50)12-9-10-25-49-26-19-35(20-27-49)15-17-37-31-41(55-5)43(57-7)33-39(37)53-3/h8,14-20,22,26-27,30-33,46H,9-13,21,23-25,28-29H2,1-7H3,(H-,47,48,50,51)/p+2/b16-14+,17-15+,22-18-,34-8-. The van der Waals surface area contributed by atoms with Gasteiger partial charge >= 0.3 is 0 Å². The summed E-state index contributed by atoms with van der Waals surface area (Å²) in [6.45, 7) is 4.90. The Kier molecular flexibility index (Phi) is 23.2. The number of unbranched alkanes of at least 4 members (excludes halogenated alkanes) is 1. The zero-order valence-corrected chi connectivity index (χ0v) is 37.2. The van der Waals surface area contributed by atoms with Crippen molar-refractivity contribution >= 4 is 51.6 Å². The fourth-order valence-corrected chi connectivity index (χ4v) is 7.52. The van der Waals surface area contributed by atoms with Crippen LogP contribution in [-0.4, -0.2) is 85.6 Å². The van der Waals surface area contributed by atoms with Crippen LogP contribution >= 0.6 is 21.6 Å². The number of aryl methyl sites for hydroxylation is 1. The number of hydrogen-bond acceptors (Lipinski definition) is 10. The Morgan fingerprint density at radius 3 is 1.68 bits per heavy atom. The second-order valence-electron chi connectivity index (χ2n) is 13.0. The molecule has 3 rings (SSSR count). The fourth-order valence-electron chi connectivity index (χ4n) is 5.71. The molecule has 0 fully saturated rings. The van der Waals surface area contributed by atoms with Crippen LogP contribution in [0.25, 0.3) is 18.2 Å². The molecule has 0 aliphatic heterocycles. The molecule has 14 heteroatoms. The van der Waals surface area contributed by atoms with E-state index in [4.69, 9.17) is 28.4 Å². The van der Waals surface area contributed by atoms with Gasteiger partial charge < -0.3 is 44.4 Å². The number of nitrogens with two attached hydrogens (primary N) is 1. The molecule has 0 saturated heterocycles. The Morgan fingerprint density at radius 1 is 0.644 bits per heavy atom. The summed E-state index contributed by atoms with van der Waals surface area (Å²) < 4.78 is 34.8. The van der Waals surface area contributed by atoms with Crippen LogP contribution in [-0.2, 0) is 16.1 Å². The van der Waals surface area contributed by atoms with Gasteiger partial charge in [-0.05, 0) is 42.7 Å². The summed E-state index contributed by atoms with van der Waals surface area (Å²) in [5.41, 5.74) is 3.87. The first-order valence-electron chi connectivity index (χ1n) is 19.7. The van der Waals surface area contributed by atoms with Gasteiger partial charge in [0.1, 0.15) is 18.0 Å². The van der Waals surface area contributed by atoms with Crippen molar-refractivity contribution in [3.8, 4) is 34.5 Å². The molecule has 0 aliphatic rings. The smallest absolute Gasteiger partial charge is 0.220 e. The van der Waals surface area contributed by atoms with Crippen LogP contribution in [0.4, 0.5) is 0 Å². The van der Waals surface area contributed by atoms with Gasteiger partial charge in [-0.3, -0.25) is 9.59 Å². The number of allylic oxidation sites excluding steroid dienone is 4. The van der Waals surface area contributed by atoms with Crippen LogP contribution in [0.5, 0.6) is 34.5 Å². The zero-order valence-electron chi connectivity index (χ0n) is 35.5. The van der Waals surface area contributed by atoms with Crippen molar-refractivity contribution in [2.75, 3.05) is 73.8 Å². The highest BCUT2D eigenvalue weighted by atomic mass is 33.1. The molecule has 0 saturated carbocycles. The van der Waals surface area contributed by atoms with Crippen LogP contribution in [0.2, 0.25) is 0 Å². The predicted molar refractivity (Wildman–Crippen MR) is 241 cm³/mol. The molecule has 320 valence electrons. The number of benzene rings is 2. The summed E-state index contributed by atoms with van der Waals surface area (Å²) in [6.07, 6.45) is 21.7. The topological polar surface area (TPSA) is 134 Å². The molecule has 12 nitrogen and oxygen atoms in total. The lowest BCUT2D eigenvalue weighted by atomic mass is 10.1. The number of carbonyl (C=O) groups is 2. The molecule has 0 aliphatic carbocycles. The Bertz CT molecular complexity index is 1870. The summed E-state index contributed by atoms with van der Waals surface area (Å²) in [5.74, 6) is 5.69. The van der Waals surface area contributed by atoms with Crippen LogP contribution in [0.3, 0.4) is 0 Å². The van der Waals surface area contributed by atoms with E-state index in [9.17, 15) is 9.59 Å². The summed E-state index contributed by atoms with van der Waals surface area (Å²) in [6, 6.07) is 11.5. The second-order valence-corrected chi connectivity index (χ2v) is 15.7. The molecular weight excluding hydrogens is 789 g/mol. The lowest BCUT2D eigenvalue weighted by molar-refractivity contribution is -0.697. The number of aromatic nitrogens is 1. The third kappa shape index (κ3) is 17.8. The molecule has 4 N–H and O–H groups in total. The van der Waals surface area contributed by atoms with Gasteiger partial charge in [0.2, 0.25) is 11.8 Å². The number of carbonyl (C=O) groups excluding carboxylic acids is 2. The van der Waals surface area contributed by atoms with E-state index in [2.05, 4.69) is 32.7 Å². The molecular formula is C45H62N4O8S2+2. The maximum absolute atomic E-state index is 12.3. The number of pyridine rings is 1. The van der Waals surface area contributed by atoms with Crippen LogP contribution in [0, 0.1) is 0 Å². The Labute approximate surface area is 358 Å². The summed E-state index contributed by atoms with van der Waals surface area (Å²) in [7, 11) is 13.1. The Balaban J connectivity index is 1.18. The van der Waals surface area contributed by atoms with E-state index >= 15 is 0 Å². The minimum atomic E-state index is 0.0672. The van der Waals surface area contributed by atoms with Crippen LogP contribution in [0.1, 0.15) is 55.7 Å². The number of nitrogens with one attached hydrogen (secondary N) is 2. The van der Waals surface area contributed by atoms with Crippen molar-refractivity contribution < 1.29 is 47.9 Å². The van der Waals surface area contributed by atoms with Crippen LogP contribution in [0.15, 0.2) is 78.8 Å². The third-order valence-corrected chi connectivity index (χ3v) is 11.4. The van der Waals surface area contributed by atoms with Crippen molar-refractivity contribution in [1.82, 2.24) is 10.6 Å². The quantitative estimate of drug-likeness (QED) is 0.0322. The number of nitrogens with zero attached hydrogens (tertiary/aromatic N) is 1. The van der Waals surface area contributed by atoms with Gasteiger partial charge in [0.15, 0.2) is 35.4 Å². The third-order valence-electron chi connectivity index (χ3n) is 9.00. The van der Waals surface area contributed by atoms with Gasteiger partial charge in [0.05, 0.1) is 55.4 Å². The molecule has 3 aromatic rings. The Hall–Kier alpha value is -5.05. The molecule has 1 aromatic heterocycles. The first-order valence-corrected chi connectivity index (χ1v) is 22.2. The van der Waals surface area contributed by atoms with Gasteiger partial charge in [-0.1, -0.05) is 52.0 Å². The van der Waals surface area contributed by atoms with Crippen molar-refractivity contribution in [2.45, 2.75) is 45.6 Å². The number of methoxy groups -OCH3 is 6. The van der Waals surface area contributed by atoms with Gasteiger partial charge in [-0.2, -0.15) is 0 Å². The van der Waals surface area contributed by atoms with E-state index in [-0.39, 0.29) is 11.8 Å². The fraction of sp³-hybridized carbons (Fsp3) is 0.400. The van der Waals surface area contributed by atoms with E-state index in [1.807, 2.05) is 86.2 Å². The van der Waals surface area contributed by atoms with E-state index in [1.54, 1.807) is 64.2 Å². The highest BCUT2D eigenvalue weighted by molar-refractivity contribution is 8.76. The van der Waals surface area contributed by atoms with E-state index in [0.717, 1.165) is 66.1 Å². The van der Waals surface area contributed by atoms with Crippen molar-refractivity contribution in [3.05, 3.63) is 95.5 Å². The van der Waals surface area contributed by atoms with Gasteiger partial charge in [0, 0.05) is 85.7 Å². The second kappa shape index (κ2) is 28.4. The van der Waals surface area contributed by atoms with Crippen molar-refractivity contribution in [3.63, 3.8) is 0 Å². The maximum Gasteiger partial charge on any atom is 0.220 e. The highest BCUT2D eigenvalue weighted by Crippen LogP contribution is 2.36. The summed E-state index contributed by atoms with van der Waals surface area (Å²) >= 11 is 0. The highest BCUT2D eigenvalue weighted by Gasteiger charge is 2.12. The molecule has 0 unspecified atom stereocenters. The molecule has 59 heavy (non-hydrogen) atoms. The molecule has 1 heterocycles. The van der Waals surface area contributed by atoms with E-state index < -0.39 is 0 Å². The average Bonchev–Trinajstić information content (AvgIpc) is 3.27. The maximum atomic E-state index is 12.3. The van der Waals surface area contributed by atoms with Gasteiger partial charge in [0.25, 0.3) is 0 Å². The average molecular weight is 851 g/mol. The molecule has 0 radical (unpaired) electrons. The lowest BCUT2D eigenvalue weighted by Crippen LogP contribution is -2.78. The molecule has 2 amide bonds. The minimum Gasteiger partial charge on any atom is -0.496 e. The SMILES string of the molecule is C/C=C(\C=C/[NH2+]CCCC(=O)NCCSSCCNC(=O)CCCC[n+]1ccc(/C=C/c2cc(OC)c(OC)cc2OC)cc1)/C=C/c1cc(OC)c(OC)cc1OC. The van der Waals surface area contributed by atoms with Crippen molar-refractivity contribution in [2.24, 2.45) is 0 Å². The van der Waals surface area contributed by atoms with E-state index in [0.29, 0.717) is 60.4 Å². The Morgan fingerprint density at radius 2 is 1.15 bits per heavy atom. The predicted octanol–water partition coefficient (Wildman–Crippen LogP) is 6.50. The zero-order chi connectivity index (χ0) is 42.7. The number of quaternary nitrogens is 1. The van der Waals surface area contributed by atoms with Crippen LogP contribution < -0.4 is 48.9 Å². The largest absolute Gasteiger partial charge is 0.496 e. The van der Waals surface area contributed by atoms with Crippen molar-refractivity contribution in [1.29, 1.82) is 0 Å². The molecule has 0 spiro atoms. The normalized spacial score (nSPS) is 11.6. The van der Waals surface area contributed by atoms with Gasteiger partial charge in [-0.25, -0.2) is 4.57 Å². The number of hydrogen-bond donors (Lipinski definition) is 3. The number of amides is 2. The monoisotopic (exact) mass is 850 g/mol. The van der Waals surface area contributed by atoms with E-state index in [1.165, 1.54) is 0 Å². The number of rotatable bonds is 28. The lowest BCUT2D eigenvalue weighted by Gasteiger charge is -2.12. The summed E-state index contributed by atoms with van der Waals surface area (Å²) in [4.78, 5) is 24.6. The minimum absolute atomic E-state index is 0.0672. The molecule has 0 atom stereocenters. The summed E-state index contributed by atoms with van der Waals surface area (Å²) in [5, 5.41) is 8.08.